The van der Waals surface area contributed by atoms with Crippen LogP contribution in [0.4, 0.5) is 10.5 Å². The zero-order valence-electron chi connectivity index (χ0n) is 15.5. The Morgan fingerprint density at radius 2 is 1.86 bits per heavy atom. The van der Waals surface area contributed by atoms with Crippen LogP contribution in [-0.2, 0) is 42.3 Å². The largest absolute Gasteiger partial charge is 0.477 e. The summed E-state index contributed by atoms with van der Waals surface area (Å²) >= 11 is 0. The van der Waals surface area contributed by atoms with Crippen molar-refractivity contribution in [1.29, 1.82) is 0 Å². The van der Waals surface area contributed by atoms with Crippen LogP contribution in [-0.4, -0.2) is 30.8 Å². The summed E-state index contributed by atoms with van der Waals surface area (Å²) in [5, 5.41) is 6.81. The van der Waals surface area contributed by atoms with E-state index >= 15 is 0 Å². The summed E-state index contributed by atoms with van der Waals surface area (Å²) in [6.45, 7) is 1.03. The molecule has 0 fully saturated rings. The van der Waals surface area contributed by atoms with Gasteiger partial charge < -0.3 is 10.1 Å². The molecule has 2 amide bonds. The number of ether oxygens (including phenoxy) is 1. The molecular formula is C19H22N4O4S. The maximum Gasteiger partial charge on any atom is 0.333 e. The zero-order chi connectivity index (χ0) is 19.3. The molecule has 0 bridgehead atoms. The fourth-order valence-corrected chi connectivity index (χ4v) is 5.56. The van der Waals surface area contributed by atoms with Crippen molar-refractivity contribution in [3.05, 3.63) is 34.5 Å². The molecule has 0 radical (unpaired) electrons. The lowest BCUT2D eigenvalue weighted by Gasteiger charge is -2.17. The highest BCUT2D eigenvalue weighted by Gasteiger charge is 2.29. The van der Waals surface area contributed by atoms with E-state index in [1.54, 1.807) is 0 Å². The molecule has 2 N–H and O–H groups in total. The van der Waals surface area contributed by atoms with Crippen LogP contribution in [0, 0.1) is 0 Å². The molecule has 148 valence electrons. The SMILES string of the molecule is O=C(Nc1cc2c(c3c1CCC3)CCC2)NS(=O)(=O)c1cnn2c1OCCC2. The van der Waals surface area contributed by atoms with Gasteiger partial charge in [-0.1, -0.05) is 0 Å². The smallest absolute Gasteiger partial charge is 0.333 e. The molecule has 0 unspecified atom stereocenters. The first kappa shape index (κ1) is 17.5. The second-order valence-electron chi connectivity index (χ2n) is 7.52. The Kier molecular flexibility index (Phi) is 4.08. The summed E-state index contributed by atoms with van der Waals surface area (Å²) in [6.07, 6.45) is 8.26. The number of carbonyl (C=O) groups excluding carboxylic acids is 1. The van der Waals surface area contributed by atoms with E-state index in [4.69, 9.17) is 4.74 Å². The molecule has 1 aliphatic heterocycles. The molecule has 2 aromatic rings. The Hall–Kier alpha value is -2.55. The number of urea groups is 1. The van der Waals surface area contributed by atoms with Crippen LogP contribution in [0.1, 0.15) is 41.5 Å². The second kappa shape index (κ2) is 6.51. The van der Waals surface area contributed by atoms with Crippen molar-refractivity contribution in [1.82, 2.24) is 14.5 Å². The van der Waals surface area contributed by atoms with E-state index in [1.807, 2.05) is 6.07 Å². The number of anilines is 1. The van der Waals surface area contributed by atoms with Gasteiger partial charge in [-0.05, 0) is 66.8 Å². The molecule has 0 saturated carbocycles. The average Bonchev–Trinajstić information content (AvgIpc) is 3.39. The van der Waals surface area contributed by atoms with Crippen LogP contribution in [0.3, 0.4) is 0 Å². The average molecular weight is 402 g/mol. The van der Waals surface area contributed by atoms with E-state index in [1.165, 1.54) is 27.6 Å². The van der Waals surface area contributed by atoms with Gasteiger partial charge in [-0.3, -0.25) is 0 Å². The van der Waals surface area contributed by atoms with Crippen molar-refractivity contribution in [2.45, 2.75) is 56.4 Å². The number of benzene rings is 1. The highest BCUT2D eigenvalue weighted by Crippen LogP contribution is 2.38. The molecule has 2 heterocycles. The van der Waals surface area contributed by atoms with Crippen LogP contribution in [0.5, 0.6) is 5.88 Å². The lowest BCUT2D eigenvalue weighted by atomic mass is 9.98. The topological polar surface area (TPSA) is 102 Å². The summed E-state index contributed by atoms with van der Waals surface area (Å²) in [5.41, 5.74) is 5.95. The molecule has 3 aliphatic rings. The van der Waals surface area contributed by atoms with Gasteiger partial charge in [0.1, 0.15) is 0 Å². The second-order valence-corrected chi connectivity index (χ2v) is 9.18. The highest BCUT2D eigenvalue weighted by molar-refractivity contribution is 7.90. The third-order valence-electron chi connectivity index (χ3n) is 5.76. The van der Waals surface area contributed by atoms with Crippen molar-refractivity contribution in [3.63, 3.8) is 0 Å². The minimum Gasteiger partial charge on any atom is -0.477 e. The lowest BCUT2D eigenvalue weighted by molar-refractivity contribution is 0.224. The number of hydrogen-bond acceptors (Lipinski definition) is 5. The van der Waals surface area contributed by atoms with Gasteiger partial charge in [-0.2, -0.15) is 5.10 Å². The van der Waals surface area contributed by atoms with Crippen molar-refractivity contribution >= 4 is 21.7 Å². The Morgan fingerprint density at radius 3 is 2.75 bits per heavy atom. The van der Waals surface area contributed by atoms with E-state index < -0.39 is 16.1 Å². The molecule has 28 heavy (non-hydrogen) atoms. The fourth-order valence-electron chi connectivity index (χ4n) is 4.57. The van der Waals surface area contributed by atoms with Gasteiger partial charge in [0, 0.05) is 18.7 Å². The van der Waals surface area contributed by atoms with Crippen molar-refractivity contribution in [2.24, 2.45) is 0 Å². The highest BCUT2D eigenvalue weighted by atomic mass is 32.2. The Balaban J connectivity index is 1.39. The molecule has 5 rings (SSSR count). The van der Waals surface area contributed by atoms with E-state index in [2.05, 4.69) is 15.1 Å². The van der Waals surface area contributed by atoms with Crippen molar-refractivity contribution < 1.29 is 17.9 Å². The predicted octanol–water partition coefficient (Wildman–Crippen LogP) is 2.15. The summed E-state index contributed by atoms with van der Waals surface area (Å²) in [4.78, 5) is 12.4. The molecular weight excluding hydrogens is 380 g/mol. The number of rotatable bonds is 3. The normalized spacial score (nSPS) is 17.4. The zero-order valence-corrected chi connectivity index (χ0v) is 16.3. The Labute approximate surface area is 163 Å². The van der Waals surface area contributed by atoms with Crippen molar-refractivity contribution in [3.8, 4) is 5.88 Å². The van der Waals surface area contributed by atoms with Crippen LogP contribution in [0.2, 0.25) is 0 Å². The number of nitrogens with zero attached hydrogens (tertiary/aromatic N) is 2. The number of carbonyl (C=O) groups is 1. The van der Waals surface area contributed by atoms with E-state index in [0.29, 0.717) is 13.2 Å². The van der Waals surface area contributed by atoms with Gasteiger partial charge in [0.05, 0.1) is 12.8 Å². The number of sulfonamides is 1. The summed E-state index contributed by atoms with van der Waals surface area (Å²) in [6, 6.07) is 1.26. The van der Waals surface area contributed by atoms with Gasteiger partial charge in [-0.25, -0.2) is 22.6 Å². The van der Waals surface area contributed by atoms with E-state index in [0.717, 1.165) is 56.2 Å². The summed E-state index contributed by atoms with van der Waals surface area (Å²) < 4.78 is 34.4. The summed E-state index contributed by atoms with van der Waals surface area (Å²) in [5.74, 6) is 0.185. The number of hydrogen-bond donors (Lipinski definition) is 2. The van der Waals surface area contributed by atoms with Crippen LogP contribution in [0.25, 0.3) is 0 Å². The number of aromatic nitrogens is 2. The van der Waals surface area contributed by atoms with Crippen LogP contribution in [0.15, 0.2) is 17.2 Å². The van der Waals surface area contributed by atoms with E-state index in [9.17, 15) is 13.2 Å². The first-order valence-electron chi connectivity index (χ1n) is 9.72. The first-order chi connectivity index (χ1) is 13.5. The van der Waals surface area contributed by atoms with E-state index in [-0.39, 0.29) is 10.8 Å². The molecule has 8 nitrogen and oxygen atoms in total. The third kappa shape index (κ3) is 2.85. The quantitative estimate of drug-likeness (QED) is 0.819. The number of nitrogens with one attached hydrogen (secondary N) is 2. The van der Waals surface area contributed by atoms with Gasteiger partial charge in [-0.15, -0.1) is 0 Å². The van der Waals surface area contributed by atoms with Gasteiger partial charge in [0.15, 0.2) is 4.90 Å². The molecule has 0 saturated heterocycles. The van der Waals surface area contributed by atoms with Gasteiger partial charge in [0.25, 0.3) is 10.0 Å². The van der Waals surface area contributed by atoms with Crippen molar-refractivity contribution in [2.75, 3.05) is 11.9 Å². The number of aryl methyl sites for hydroxylation is 2. The van der Waals surface area contributed by atoms with Gasteiger partial charge >= 0.3 is 6.03 Å². The van der Waals surface area contributed by atoms with Gasteiger partial charge in [0.2, 0.25) is 5.88 Å². The first-order valence-corrected chi connectivity index (χ1v) is 11.2. The number of fused-ring (bicyclic) bond motifs is 4. The molecule has 2 aliphatic carbocycles. The molecule has 0 atom stereocenters. The number of amides is 2. The third-order valence-corrected chi connectivity index (χ3v) is 7.08. The maximum absolute atomic E-state index is 12.7. The Morgan fingerprint density at radius 1 is 1.07 bits per heavy atom. The standard InChI is InChI=1S/C19H22N4O4S/c24-19(22-28(25,26)17-11-20-23-8-3-9-27-18(17)23)21-16-10-12-4-1-5-13(12)14-6-2-7-15(14)16/h10-11H,1-9H2,(H2,21,22,24). The molecule has 0 spiro atoms. The Bertz CT molecular complexity index is 1070. The van der Waals surface area contributed by atoms with Crippen LogP contribution >= 0.6 is 0 Å². The molecule has 1 aromatic carbocycles. The fraction of sp³-hybridized carbons (Fsp3) is 0.474. The summed E-state index contributed by atoms with van der Waals surface area (Å²) in [7, 11) is -4.07. The monoisotopic (exact) mass is 402 g/mol. The minimum absolute atomic E-state index is 0.110. The molecule has 9 heteroatoms. The van der Waals surface area contributed by atoms with Crippen LogP contribution < -0.4 is 14.8 Å². The maximum atomic E-state index is 12.7. The molecule has 1 aromatic heterocycles. The predicted molar refractivity (Wildman–Crippen MR) is 102 cm³/mol. The minimum atomic E-state index is -4.07. The lowest BCUT2D eigenvalue weighted by Crippen LogP contribution is -2.35.